The van der Waals surface area contributed by atoms with Crippen LogP contribution in [-0.2, 0) is 6.42 Å². The number of hydrogen-bond acceptors (Lipinski definition) is 5. The van der Waals surface area contributed by atoms with Gasteiger partial charge in [-0.2, -0.15) is 0 Å². The lowest BCUT2D eigenvalue weighted by Gasteiger charge is -2.36. The maximum absolute atomic E-state index is 12.8. The molecule has 0 unspecified atom stereocenters. The van der Waals surface area contributed by atoms with Crippen molar-refractivity contribution in [3.05, 3.63) is 51.5 Å². The molecule has 0 aliphatic carbocycles. The summed E-state index contributed by atoms with van der Waals surface area (Å²) < 4.78 is 0. The van der Waals surface area contributed by atoms with Gasteiger partial charge in [0.2, 0.25) is 0 Å². The van der Waals surface area contributed by atoms with Gasteiger partial charge in [0.05, 0.1) is 17.7 Å². The lowest BCUT2D eigenvalue weighted by Crippen LogP contribution is -2.55. The number of nitrogens with zero attached hydrogens (tertiary/aromatic N) is 2. The highest BCUT2D eigenvalue weighted by molar-refractivity contribution is 7.10. The van der Waals surface area contributed by atoms with Crippen LogP contribution < -0.4 is 5.32 Å². The number of aliphatic hydroxyl groups is 1. The number of aryl methyl sites for hydroxylation is 1. The van der Waals surface area contributed by atoms with Crippen LogP contribution in [0.5, 0.6) is 0 Å². The summed E-state index contributed by atoms with van der Waals surface area (Å²) in [7, 11) is 0. The number of pyridine rings is 1. The smallest absolute Gasteiger partial charge is 0.270 e. The number of thiophene rings is 1. The summed E-state index contributed by atoms with van der Waals surface area (Å²) in [5.74, 6) is -0.351. The van der Waals surface area contributed by atoms with Gasteiger partial charge in [0.15, 0.2) is 0 Å². The number of nitrogens with one attached hydrogen (secondary N) is 1. The van der Waals surface area contributed by atoms with Crippen molar-refractivity contribution in [2.24, 2.45) is 0 Å². The summed E-state index contributed by atoms with van der Waals surface area (Å²) in [6.45, 7) is 4.78. The quantitative estimate of drug-likeness (QED) is 0.859. The van der Waals surface area contributed by atoms with Gasteiger partial charge in [0, 0.05) is 29.5 Å². The van der Waals surface area contributed by atoms with Gasteiger partial charge in [0.25, 0.3) is 11.8 Å². The van der Waals surface area contributed by atoms with Crippen LogP contribution in [0.15, 0.2) is 29.8 Å². The minimum absolute atomic E-state index is 0.0419. The van der Waals surface area contributed by atoms with Gasteiger partial charge < -0.3 is 15.3 Å². The van der Waals surface area contributed by atoms with E-state index < -0.39 is 6.10 Å². The SMILES string of the molecule is CCc1c(C(=O)N2CC[C@@H](NC(=O)c3ccccn3)[C@H](O)C2)csc1C. The summed E-state index contributed by atoms with van der Waals surface area (Å²) in [4.78, 5) is 31.9. The van der Waals surface area contributed by atoms with Crippen LogP contribution in [-0.4, -0.2) is 52.0 Å². The average Bonchev–Trinajstić information content (AvgIpc) is 3.04. The zero-order chi connectivity index (χ0) is 18.7. The van der Waals surface area contributed by atoms with Crippen molar-refractivity contribution in [1.29, 1.82) is 0 Å². The zero-order valence-electron chi connectivity index (χ0n) is 14.9. The fraction of sp³-hybridized carbons (Fsp3) is 0.421. The molecule has 1 fully saturated rings. The third kappa shape index (κ3) is 3.78. The molecule has 0 saturated carbocycles. The number of amides is 2. The maximum Gasteiger partial charge on any atom is 0.270 e. The Balaban J connectivity index is 1.63. The standard InChI is InChI=1S/C19H23N3O3S/c1-3-13-12(2)26-11-14(13)19(25)22-9-7-15(17(23)10-22)21-18(24)16-6-4-5-8-20-16/h4-6,8,11,15,17,23H,3,7,9-10H2,1-2H3,(H,21,24)/t15-,17-/m1/s1. The third-order valence-corrected chi connectivity index (χ3v) is 5.72. The monoisotopic (exact) mass is 373 g/mol. The fourth-order valence-electron chi connectivity index (χ4n) is 3.29. The maximum atomic E-state index is 12.8. The van der Waals surface area contributed by atoms with Crippen molar-refractivity contribution in [2.75, 3.05) is 13.1 Å². The Bertz CT molecular complexity index is 791. The third-order valence-electron chi connectivity index (χ3n) is 4.77. The van der Waals surface area contributed by atoms with E-state index in [1.807, 2.05) is 19.2 Å². The predicted molar refractivity (Wildman–Crippen MR) is 100 cm³/mol. The molecule has 0 spiro atoms. The van der Waals surface area contributed by atoms with Gasteiger partial charge in [-0.1, -0.05) is 13.0 Å². The Morgan fingerprint density at radius 1 is 1.42 bits per heavy atom. The van der Waals surface area contributed by atoms with E-state index in [1.54, 1.807) is 40.6 Å². The Labute approximate surface area is 156 Å². The number of β-amino-alcohol motifs (C(OH)–C–C–N with tert-alkyl or cyclic N) is 1. The van der Waals surface area contributed by atoms with E-state index in [2.05, 4.69) is 10.3 Å². The van der Waals surface area contributed by atoms with E-state index >= 15 is 0 Å². The number of hydrogen-bond donors (Lipinski definition) is 2. The molecule has 0 bridgehead atoms. The lowest BCUT2D eigenvalue weighted by molar-refractivity contribution is 0.0314. The molecule has 1 saturated heterocycles. The first-order chi connectivity index (χ1) is 12.5. The Morgan fingerprint density at radius 2 is 2.23 bits per heavy atom. The molecule has 2 aromatic rings. The van der Waals surface area contributed by atoms with Crippen LogP contribution in [0.1, 0.15) is 44.6 Å². The van der Waals surface area contributed by atoms with E-state index in [9.17, 15) is 14.7 Å². The molecule has 1 aliphatic rings. The number of aliphatic hydroxyl groups excluding tert-OH is 1. The number of carbonyl (C=O) groups excluding carboxylic acids is 2. The van der Waals surface area contributed by atoms with Gasteiger partial charge in [-0.25, -0.2) is 0 Å². The summed E-state index contributed by atoms with van der Waals surface area (Å²) in [6, 6.07) is 4.73. The van der Waals surface area contributed by atoms with E-state index in [0.717, 1.165) is 22.4 Å². The second-order valence-electron chi connectivity index (χ2n) is 6.44. The normalized spacial score (nSPS) is 20.0. The van der Waals surface area contributed by atoms with Gasteiger partial charge >= 0.3 is 0 Å². The lowest BCUT2D eigenvalue weighted by atomic mass is 10.00. The molecule has 6 nitrogen and oxygen atoms in total. The molecule has 2 N–H and O–H groups in total. The van der Waals surface area contributed by atoms with Crippen molar-refractivity contribution < 1.29 is 14.7 Å². The van der Waals surface area contributed by atoms with Crippen LogP contribution in [0.25, 0.3) is 0 Å². The molecule has 0 aromatic carbocycles. The van der Waals surface area contributed by atoms with Crippen LogP contribution in [0, 0.1) is 6.92 Å². The van der Waals surface area contributed by atoms with Gasteiger partial charge in [-0.15, -0.1) is 11.3 Å². The molecule has 3 rings (SSSR count). The molecular weight excluding hydrogens is 350 g/mol. The highest BCUT2D eigenvalue weighted by Crippen LogP contribution is 2.25. The molecule has 2 aromatic heterocycles. The topological polar surface area (TPSA) is 82.5 Å². The number of likely N-dealkylation sites (tertiary alicyclic amines) is 1. The van der Waals surface area contributed by atoms with Gasteiger partial charge in [-0.05, 0) is 37.5 Å². The first-order valence-electron chi connectivity index (χ1n) is 8.77. The second kappa shape index (κ2) is 7.97. The predicted octanol–water partition coefficient (Wildman–Crippen LogP) is 2.02. The van der Waals surface area contributed by atoms with Crippen molar-refractivity contribution in [3.8, 4) is 0 Å². The number of rotatable bonds is 4. The molecule has 2 amide bonds. The van der Waals surface area contributed by atoms with Gasteiger partial charge in [0.1, 0.15) is 5.69 Å². The fourth-order valence-corrected chi connectivity index (χ4v) is 4.23. The van der Waals surface area contributed by atoms with Crippen molar-refractivity contribution in [2.45, 2.75) is 38.8 Å². The minimum atomic E-state index is -0.801. The molecule has 1 aliphatic heterocycles. The van der Waals surface area contributed by atoms with Crippen molar-refractivity contribution in [3.63, 3.8) is 0 Å². The van der Waals surface area contributed by atoms with E-state index in [0.29, 0.717) is 18.7 Å². The Hall–Kier alpha value is -2.25. The molecule has 7 heteroatoms. The molecule has 26 heavy (non-hydrogen) atoms. The van der Waals surface area contributed by atoms with Crippen LogP contribution in [0.4, 0.5) is 0 Å². The summed E-state index contributed by atoms with van der Waals surface area (Å²) in [5, 5.41) is 15.2. The number of piperidine rings is 1. The van der Waals surface area contributed by atoms with Crippen molar-refractivity contribution >= 4 is 23.2 Å². The highest BCUT2D eigenvalue weighted by atomic mass is 32.1. The van der Waals surface area contributed by atoms with Gasteiger partial charge in [-0.3, -0.25) is 14.6 Å². The number of carbonyl (C=O) groups is 2. The van der Waals surface area contributed by atoms with Crippen LogP contribution >= 0.6 is 11.3 Å². The van der Waals surface area contributed by atoms with Crippen molar-refractivity contribution in [1.82, 2.24) is 15.2 Å². The van der Waals surface area contributed by atoms with E-state index in [-0.39, 0.29) is 24.4 Å². The first kappa shape index (κ1) is 18.5. The Kier molecular flexibility index (Phi) is 5.68. The second-order valence-corrected chi connectivity index (χ2v) is 7.52. The largest absolute Gasteiger partial charge is 0.389 e. The highest BCUT2D eigenvalue weighted by Gasteiger charge is 2.32. The average molecular weight is 373 g/mol. The Morgan fingerprint density at radius 3 is 2.88 bits per heavy atom. The zero-order valence-corrected chi connectivity index (χ0v) is 15.8. The molecule has 3 heterocycles. The molecule has 2 atom stereocenters. The summed E-state index contributed by atoms with van der Waals surface area (Å²) in [6.07, 6.45) is 2.08. The molecular formula is C19H23N3O3S. The number of aromatic nitrogens is 1. The van der Waals surface area contributed by atoms with E-state index in [1.165, 1.54) is 0 Å². The van der Waals surface area contributed by atoms with Crippen LogP contribution in [0.3, 0.4) is 0 Å². The minimum Gasteiger partial charge on any atom is -0.389 e. The van der Waals surface area contributed by atoms with E-state index in [4.69, 9.17) is 0 Å². The summed E-state index contributed by atoms with van der Waals surface area (Å²) >= 11 is 1.58. The molecule has 138 valence electrons. The van der Waals surface area contributed by atoms with Crippen LogP contribution in [0.2, 0.25) is 0 Å². The first-order valence-corrected chi connectivity index (χ1v) is 9.65. The summed E-state index contributed by atoms with van der Waals surface area (Å²) in [5.41, 5.74) is 2.14. The molecule has 0 radical (unpaired) electrons.